The Morgan fingerprint density at radius 3 is 2.90 bits per heavy atom. The molecule has 1 saturated heterocycles. The van der Waals surface area contributed by atoms with Crippen LogP contribution < -0.4 is 10.2 Å². The highest BCUT2D eigenvalue weighted by Gasteiger charge is 2.26. The molecule has 1 amide bonds. The highest BCUT2D eigenvalue weighted by molar-refractivity contribution is 5.93. The van der Waals surface area contributed by atoms with Crippen molar-refractivity contribution in [3.63, 3.8) is 0 Å². The number of nitrogens with one attached hydrogen (secondary N) is 1. The van der Waals surface area contributed by atoms with E-state index in [1.165, 1.54) is 0 Å². The second-order valence-corrected chi connectivity index (χ2v) is 5.23. The Morgan fingerprint density at radius 1 is 1.60 bits per heavy atom. The van der Waals surface area contributed by atoms with Crippen LogP contribution in [0.2, 0.25) is 0 Å². The SMILES string of the molecule is CC(C)N(CC1CCC(=O)N1)c1ncccc1C(=O)O. The fourth-order valence-corrected chi connectivity index (χ4v) is 2.39. The summed E-state index contributed by atoms with van der Waals surface area (Å²) in [4.78, 5) is 28.7. The highest BCUT2D eigenvalue weighted by Crippen LogP contribution is 2.21. The van der Waals surface area contributed by atoms with Crippen molar-refractivity contribution in [3.8, 4) is 0 Å². The first-order valence-electron chi connectivity index (χ1n) is 6.73. The van der Waals surface area contributed by atoms with Gasteiger partial charge >= 0.3 is 5.97 Å². The first-order valence-corrected chi connectivity index (χ1v) is 6.73. The van der Waals surface area contributed by atoms with Crippen LogP contribution in [0.15, 0.2) is 18.3 Å². The molecular formula is C14H19N3O3. The number of amides is 1. The van der Waals surface area contributed by atoms with Crippen molar-refractivity contribution in [1.82, 2.24) is 10.3 Å². The molecule has 0 bridgehead atoms. The Bertz CT molecular complexity index is 516. The summed E-state index contributed by atoms with van der Waals surface area (Å²) in [6.45, 7) is 4.54. The van der Waals surface area contributed by atoms with Crippen LogP contribution in [0, 0.1) is 0 Å². The van der Waals surface area contributed by atoms with Crippen molar-refractivity contribution in [2.45, 2.75) is 38.8 Å². The number of aromatic carboxylic acids is 1. The summed E-state index contributed by atoms with van der Waals surface area (Å²) in [5.41, 5.74) is 0.186. The number of carboxylic acids is 1. The second-order valence-electron chi connectivity index (χ2n) is 5.23. The monoisotopic (exact) mass is 277 g/mol. The van der Waals surface area contributed by atoms with Crippen molar-refractivity contribution in [2.75, 3.05) is 11.4 Å². The largest absolute Gasteiger partial charge is 0.478 e. The number of nitrogens with zero attached hydrogens (tertiary/aromatic N) is 2. The number of carboxylic acid groups (broad SMARTS) is 1. The molecule has 0 saturated carbocycles. The average molecular weight is 277 g/mol. The molecule has 1 aliphatic rings. The molecule has 1 fully saturated rings. The van der Waals surface area contributed by atoms with Crippen LogP contribution in [0.5, 0.6) is 0 Å². The zero-order chi connectivity index (χ0) is 14.7. The van der Waals surface area contributed by atoms with Crippen molar-refractivity contribution < 1.29 is 14.7 Å². The second kappa shape index (κ2) is 5.90. The first-order chi connectivity index (χ1) is 9.49. The van der Waals surface area contributed by atoms with Crippen molar-refractivity contribution >= 4 is 17.7 Å². The topological polar surface area (TPSA) is 82.5 Å². The third kappa shape index (κ3) is 3.07. The molecule has 1 unspecified atom stereocenters. The van der Waals surface area contributed by atoms with Crippen molar-refractivity contribution in [1.29, 1.82) is 0 Å². The number of anilines is 1. The van der Waals surface area contributed by atoms with E-state index < -0.39 is 5.97 Å². The van der Waals surface area contributed by atoms with E-state index >= 15 is 0 Å². The minimum atomic E-state index is -0.991. The lowest BCUT2D eigenvalue weighted by Crippen LogP contribution is -2.43. The lowest BCUT2D eigenvalue weighted by atomic mass is 10.1. The molecule has 0 aliphatic carbocycles. The van der Waals surface area contributed by atoms with Gasteiger partial charge in [-0.1, -0.05) is 0 Å². The number of carbonyl (C=O) groups is 2. The molecule has 2 rings (SSSR count). The highest BCUT2D eigenvalue weighted by atomic mass is 16.4. The van der Waals surface area contributed by atoms with Gasteiger partial charge in [0.15, 0.2) is 0 Å². The molecule has 1 aliphatic heterocycles. The number of hydrogen-bond donors (Lipinski definition) is 2. The summed E-state index contributed by atoms with van der Waals surface area (Å²) in [7, 11) is 0. The van der Waals surface area contributed by atoms with E-state index in [1.54, 1.807) is 18.3 Å². The van der Waals surface area contributed by atoms with Crippen molar-refractivity contribution in [3.05, 3.63) is 23.9 Å². The summed E-state index contributed by atoms with van der Waals surface area (Å²) < 4.78 is 0. The maximum atomic E-state index is 11.3. The molecule has 2 N–H and O–H groups in total. The van der Waals surface area contributed by atoms with Crippen molar-refractivity contribution in [2.24, 2.45) is 0 Å². The Morgan fingerprint density at radius 2 is 2.35 bits per heavy atom. The molecule has 2 heterocycles. The number of hydrogen-bond acceptors (Lipinski definition) is 4. The first kappa shape index (κ1) is 14.3. The summed E-state index contributed by atoms with van der Waals surface area (Å²) in [6, 6.07) is 3.31. The molecule has 20 heavy (non-hydrogen) atoms. The fourth-order valence-electron chi connectivity index (χ4n) is 2.39. The van der Waals surface area contributed by atoms with Gasteiger partial charge in [0.05, 0.1) is 0 Å². The molecule has 1 atom stereocenters. The smallest absolute Gasteiger partial charge is 0.339 e. The molecule has 108 valence electrons. The quantitative estimate of drug-likeness (QED) is 0.847. The van der Waals surface area contributed by atoms with E-state index in [-0.39, 0.29) is 23.6 Å². The van der Waals surface area contributed by atoms with E-state index in [1.807, 2.05) is 18.7 Å². The summed E-state index contributed by atoms with van der Waals surface area (Å²) in [5.74, 6) is -0.483. The lowest BCUT2D eigenvalue weighted by Gasteiger charge is -2.31. The number of carbonyl (C=O) groups excluding carboxylic acids is 1. The van der Waals surface area contributed by atoms with Gasteiger partial charge in [-0.3, -0.25) is 4.79 Å². The van der Waals surface area contributed by atoms with Gasteiger partial charge < -0.3 is 15.3 Å². The van der Waals surface area contributed by atoms with Gasteiger partial charge in [-0.25, -0.2) is 9.78 Å². The molecular weight excluding hydrogens is 258 g/mol. The van der Waals surface area contributed by atoms with Crippen LogP contribution in [0.3, 0.4) is 0 Å². The number of aromatic nitrogens is 1. The van der Waals surface area contributed by atoms with Gasteiger partial charge in [-0.15, -0.1) is 0 Å². The van der Waals surface area contributed by atoms with Gasteiger partial charge in [0.1, 0.15) is 11.4 Å². The number of pyridine rings is 1. The van der Waals surface area contributed by atoms with E-state index in [4.69, 9.17) is 0 Å². The molecule has 6 nitrogen and oxygen atoms in total. The molecule has 1 aromatic heterocycles. The van der Waals surface area contributed by atoms with Gasteiger partial charge in [-0.05, 0) is 32.4 Å². The minimum Gasteiger partial charge on any atom is -0.478 e. The van der Waals surface area contributed by atoms with Gasteiger partial charge in [-0.2, -0.15) is 0 Å². The van der Waals surface area contributed by atoms with E-state index in [2.05, 4.69) is 10.3 Å². The average Bonchev–Trinajstić information content (AvgIpc) is 2.81. The normalized spacial score (nSPS) is 18.1. The van der Waals surface area contributed by atoms with Crippen LogP contribution in [-0.2, 0) is 4.79 Å². The molecule has 1 aromatic rings. The fraction of sp³-hybridized carbons (Fsp3) is 0.500. The Kier molecular flexibility index (Phi) is 4.22. The van der Waals surface area contributed by atoms with Gasteiger partial charge in [0, 0.05) is 31.2 Å². The predicted molar refractivity (Wildman–Crippen MR) is 74.8 cm³/mol. The zero-order valence-electron chi connectivity index (χ0n) is 11.7. The minimum absolute atomic E-state index is 0.0496. The predicted octanol–water partition coefficient (Wildman–Crippen LogP) is 1.27. The maximum absolute atomic E-state index is 11.3. The Balaban J connectivity index is 2.24. The third-order valence-corrected chi connectivity index (χ3v) is 3.41. The van der Waals surface area contributed by atoms with Gasteiger partial charge in [0.25, 0.3) is 0 Å². The van der Waals surface area contributed by atoms with Crippen LogP contribution >= 0.6 is 0 Å². The molecule has 0 radical (unpaired) electrons. The van der Waals surface area contributed by atoms with E-state index in [0.717, 1.165) is 6.42 Å². The third-order valence-electron chi connectivity index (χ3n) is 3.41. The van der Waals surface area contributed by atoms with E-state index in [0.29, 0.717) is 18.8 Å². The summed E-state index contributed by atoms with van der Waals surface area (Å²) in [5, 5.41) is 12.2. The van der Waals surface area contributed by atoms with Crippen LogP contribution in [-0.4, -0.2) is 40.6 Å². The Labute approximate surface area is 117 Å². The van der Waals surface area contributed by atoms with Crippen LogP contribution in [0.25, 0.3) is 0 Å². The van der Waals surface area contributed by atoms with Crippen LogP contribution in [0.1, 0.15) is 37.0 Å². The maximum Gasteiger partial charge on any atom is 0.339 e. The molecule has 6 heteroatoms. The Hall–Kier alpha value is -2.11. The molecule has 0 spiro atoms. The van der Waals surface area contributed by atoms with Gasteiger partial charge in [0.2, 0.25) is 5.91 Å². The van der Waals surface area contributed by atoms with E-state index in [9.17, 15) is 14.7 Å². The number of rotatable bonds is 5. The molecule has 0 aromatic carbocycles. The lowest BCUT2D eigenvalue weighted by molar-refractivity contribution is -0.119. The zero-order valence-corrected chi connectivity index (χ0v) is 11.7. The summed E-state index contributed by atoms with van der Waals surface area (Å²) in [6.07, 6.45) is 2.90. The van der Waals surface area contributed by atoms with Crippen LogP contribution in [0.4, 0.5) is 5.82 Å². The standard InChI is InChI=1S/C14H19N3O3/c1-9(2)17(8-10-5-6-12(18)16-10)13-11(14(19)20)4-3-7-15-13/h3-4,7,9-10H,5-6,8H2,1-2H3,(H,16,18)(H,19,20). The summed E-state index contributed by atoms with van der Waals surface area (Å²) >= 11 is 0.